The number of nitrogens with two attached hydrogens (primary N) is 1. The summed E-state index contributed by atoms with van der Waals surface area (Å²) in [5.74, 6) is 0.585. The molecule has 112 valence electrons. The third-order valence-corrected chi connectivity index (χ3v) is 4.22. The molecule has 0 aliphatic carbocycles. The number of aromatic amines is 1. The number of H-pyrrole nitrogens is 1. The maximum atomic E-state index is 11.5. The van der Waals surface area contributed by atoms with Crippen molar-refractivity contribution in [1.29, 1.82) is 0 Å². The highest BCUT2D eigenvalue weighted by Gasteiger charge is 2.24. The molecule has 20 heavy (non-hydrogen) atoms. The second-order valence-electron chi connectivity index (χ2n) is 5.03. The summed E-state index contributed by atoms with van der Waals surface area (Å²) in [4.78, 5) is 22.7. The maximum absolute atomic E-state index is 11.5. The lowest BCUT2D eigenvalue weighted by Crippen LogP contribution is -2.51. The molecule has 1 atom stereocenters. The highest BCUT2D eigenvalue weighted by molar-refractivity contribution is 6.32. The minimum atomic E-state index is -0.284. The molecule has 0 radical (unpaired) electrons. The molecule has 7 heteroatoms. The first-order chi connectivity index (χ1) is 9.67. The van der Waals surface area contributed by atoms with Gasteiger partial charge >= 0.3 is 0 Å². The molecule has 1 aromatic rings. The zero-order valence-corrected chi connectivity index (χ0v) is 12.6. The van der Waals surface area contributed by atoms with Gasteiger partial charge in [-0.05, 0) is 19.4 Å². The van der Waals surface area contributed by atoms with Gasteiger partial charge in [-0.25, -0.2) is 4.98 Å². The van der Waals surface area contributed by atoms with E-state index >= 15 is 0 Å². The zero-order chi connectivity index (χ0) is 14.5. The number of piperazine rings is 1. The molecule has 3 N–H and O–H groups in total. The summed E-state index contributed by atoms with van der Waals surface area (Å²) in [7, 11) is 0. The van der Waals surface area contributed by atoms with Gasteiger partial charge in [-0.3, -0.25) is 9.69 Å². The number of anilines is 1. The summed E-state index contributed by atoms with van der Waals surface area (Å²) >= 11 is 6.02. The summed E-state index contributed by atoms with van der Waals surface area (Å²) in [6.45, 7) is 6.48. The number of halogens is 1. The lowest BCUT2D eigenvalue weighted by Gasteiger charge is -2.39. The third-order valence-electron chi connectivity index (χ3n) is 3.88. The number of rotatable bonds is 5. The van der Waals surface area contributed by atoms with E-state index in [1.54, 1.807) is 0 Å². The van der Waals surface area contributed by atoms with E-state index in [0.717, 1.165) is 45.6 Å². The Bertz CT molecular complexity index is 484. The predicted molar refractivity (Wildman–Crippen MR) is 81.4 cm³/mol. The zero-order valence-electron chi connectivity index (χ0n) is 11.8. The van der Waals surface area contributed by atoms with E-state index in [2.05, 4.69) is 26.7 Å². The first-order valence-corrected chi connectivity index (χ1v) is 7.47. The molecule has 0 aromatic carbocycles. The van der Waals surface area contributed by atoms with Gasteiger partial charge < -0.3 is 15.6 Å². The maximum Gasteiger partial charge on any atom is 0.271 e. The lowest BCUT2D eigenvalue weighted by molar-refractivity contribution is 0.173. The van der Waals surface area contributed by atoms with Crippen LogP contribution in [0.4, 0.5) is 5.82 Å². The molecule has 0 amide bonds. The minimum absolute atomic E-state index is 0.176. The molecular formula is C13H22ClN5O. The van der Waals surface area contributed by atoms with Crippen LogP contribution in [-0.2, 0) is 0 Å². The summed E-state index contributed by atoms with van der Waals surface area (Å²) in [5.41, 5.74) is 5.38. The van der Waals surface area contributed by atoms with Crippen molar-refractivity contribution in [2.45, 2.75) is 25.8 Å². The van der Waals surface area contributed by atoms with E-state index in [-0.39, 0.29) is 10.6 Å². The van der Waals surface area contributed by atoms with Crippen LogP contribution in [0.1, 0.15) is 19.8 Å². The van der Waals surface area contributed by atoms with Gasteiger partial charge in [0.1, 0.15) is 5.02 Å². The van der Waals surface area contributed by atoms with Gasteiger partial charge in [0.2, 0.25) is 0 Å². The largest absolute Gasteiger partial charge is 0.353 e. The number of nitrogens with one attached hydrogen (secondary N) is 1. The van der Waals surface area contributed by atoms with Crippen molar-refractivity contribution < 1.29 is 0 Å². The number of nitrogens with zero attached hydrogens (tertiary/aromatic N) is 3. The molecule has 1 aliphatic heterocycles. The van der Waals surface area contributed by atoms with E-state index < -0.39 is 0 Å². The van der Waals surface area contributed by atoms with Crippen molar-refractivity contribution in [3.8, 4) is 0 Å². The van der Waals surface area contributed by atoms with E-state index in [0.29, 0.717) is 11.9 Å². The van der Waals surface area contributed by atoms with Crippen LogP contribution in [0.25, 0.3) is 0 Å². The SMILES string of the molecule is CCC(CCN)N1CCN(c2nc[nH]c(=O)c2Cl)CC1. The number of aromatic nitrogens is 2. The standard InChI is InChI=1S/C13H22ClN5O/c1-2-10(3-4-15)18-5-7-19(8-6-18)12-11(14)13(20)17-9-16-12/h9-10H,2-8,15H2,1H3,(H,16,17,20). The Morgan fingerprint density at radius 3 is 2.75 bits per heavy atom. The van der Waals surface area contributed by atoms with Gasteiger partial charge in [0.15, 0.2) is 5.82 Å². The first-order valence-electron chi connectivity index (χ1n) is 7.09. The summed E-state index contributed by atoms with van der Waals surface area (Å²) in [6.07, 6.45) is 3.54. The monoisotopic (exact) mass is 299 g/mol. The molecule has 1 saturated heterocycles. The average molecular weight is 300 g/mol. The number of hydrogen-bond acceptors (Lipinski definition) is 5. The minimum Gasteiger partial charge on any atom is -0.353 e. The van der Waals surface area contributed by atoms with Crippen molar-refractivity contribution in [2.24, 2.45) is 5.73 Å². The lowest BCUT2D eigenvalue weighted by atomic mass is 10.1. The topological polar surface area (TPSA) is 78.2 Å². The first kappa shape index (κ1) is 15.3. The molecule has 1 aliphatic rings. The highest BCUT2D eigenvalue weighted by Crippen LogP contribution is 2.21. The fraction of sp³-hybridized carbons (Fsp3) is 0.692. The van der Waals surface area contributed by atoms with E-state index in [1.807, 2.05) is 0 Å². The molecule has 2 heterocycles. The molecule has 6 nitrogen and oxygen atoms in total. The quantitative estimate of drug-likeness (QED) is 0.836. The van der Waals surface area contributed by atoms with Crippen molar-refractivity contribution >= 4 is 17.4 Å². The van der Waals surface area contributed by atoms with Crippen LogP contribution in [0.3, 0.4) is 0 Å². The van der Waals surface area contributed by atoms with E-state index in [9.17, 15) is 4.79 Å². The predicted octanol–water partition coefficient (Wildman–Crippen LogP) is 0.673. The highest BCUT2D eigenvalue weighted by atomic mass is 35.5. The molecule has 0 saturated carbocycles. The van der Waals surface area contributed by atoms with Crippen LogP contribution in [0.5, 0.6) is 0 Å². The summed E-state index contributed by atoms with van der Waals surface area (Å²) in [6, 6.07) is 0.546. The second kappa shape index (κ2) is 7.06. The van der Waals surface area contributed by atoms with Gasteiger partial charge in [-0.2, -0.15) is 0 Å². The van der Waals surface area contributed by atoms with Crippen molar-refractivity contribution in [2.75, 3.05) is 37.6 Å². The molecule has 0 bridgehead atoms. The Hall–Kier alpha value is -1.11. The Morgan fingerprint density at radius 1 is 1.45 bits per heavy atom. The van der Waals surface area contributed by atoms with Crippen LogP contribution < -0.4 is 16.2 Å². The molecule has 0 spiro atoms. The fourth-order valence-corrected chi connectivity index (χ4v) is 2.95. The Kier molecular flexibility index (Phi) is 5.39. The van der Waals surface area contributed by atoms with Gasteiger partial charge in [0.25, 0.3) is 5.56 Å². The molecule has 1 unspecified atom stereocenters. The average Bonchev–Trinajstić information content (AvgIpc) is 2.48. The third kappa shape index (κ3) is 3.31. The molecular weight excluding hydrogens is 278 g/mol. The Labute approximate surface area is 123 Å². The van der Waals surface area contributed by atoms with Gasteiger partial charge in [0, 0.05) is 32.2 Å². The molecule has 1 aromatic heterocycles. The van der Waals surface area contributed by atoms with Crippen molar-refractivity contribution in [1.82, 2.24) is 14.9 Å². The van der Waals surface area contributed by atoms with Crippen LogP contribution in [0.2, 0.25) is 5.02 Å². The Morgan fingerprint density at radius 2 is 2.15 bits per heavy atom. The fourth-order valence-electron chi connectivity index (χ4n) is 2.73. The smallest absolute Gasteiger partial charge is 0.271 e. The van der Waals surface area contributed by atoms with E-state index in [4.69, 9.17) is 17.3 Å². The molecule has 1 fully saturated rings. The van der Waals surface area contributed by atoms with Crippen LogP contribution in [0.15, 0.2) is 11.1 Å². The Balaban J connectivity index is 2.00. The van der Waals surface area contributed by atoms with Gasteiger partial charge in [-0.15, -0.1) is 0 Å². The van der Waals surface area contributed by atoms with Crippen molar-refractivity contribution in [3.05, 3.63) is 21.7 Å². The number of hydrogen-bond donors (Lipinski definition) is 2. The van der Waals surface area contributed by atoms with E-state index in [1.165, 1.54) is 6.33 Å². The van der Waals surface area contributed by atoms with Crippen LogP contribution >= 0.6 is 11.6 Å². The second-order valence-corrected chi connectivity index (χ2v) is 5.41. The normalized spacial score (nSPS) is 18.2. The van der Waals surface area contributed by atoms with Crippen LogP contribution in [0, 0.1) is 0 Å². The van der Waals surface area contributed by atoms with Gasteiger partial charge in [0.05, 0.1) is 6.33 Å². The summed E-state index contributed by atoms with van der Waals surface area (Å²) in [5, 5.41) is 0.176. The summed E-state index contributed by atoms with van der Waals surface area (Å²) < 4.78 is 0. The van der Waals surface area contributed by atoms with Crippen molar-refractivity contribution in [3.63, 3.8) is 0 Å². The molecule has 2 rings (SSSR count). The van der Waals surface area contributed by atoms with Gasteiger partial charge in [-0.1, -0.05) is 18.5 Å². The van der Waals surface area contributed by atoms with Crippen LogP contribution in [-0.4, -0.2) is 53.6 Å².